The second-order valence-corrected chi connectivity index (χ2v) is 6.66. The van der Waals surface area contributed by atoms with E-state index in [0.29, 0.717) is 34.5 Å². The van der Waals surface area contributed by atoms with E-state index in [1.54, 1.807) is 0 Å². The maximum atomic E-state index is 6.14. The minimum Gasteiger partial charge on any atom is -0.393 e. The summed E-state index contributed by atoms with van der Waals surface area (Å²) >= 11 is 6.14. The first-order valence-corrected chi connectivity index (χ1v) is 7.93. The van der Waals surface area contributed by atoms with Gasteiger partial charge in [0.15, 0.2) is 11.0 Å². The van der Waals surface area contributed by atoms with Gasteiger partial charge in [-0.05, 0) is 24.7 Å². The van der Waals surface area contributed by atoms with Crippen molar-refractivity contribution in [3.05, 3.63) is 11.0 Å². The Morgan fingerprint density at radius 2 is 2.00 bits per heavy atom. The van der Waals surface area contributed by atoms with Crippen LogP contribution in [0.2, 0.25) is 5.15 Å². The third-order valence-corrected chi connectivity index (χ3v) is 4.26. The Balaban J connectivity index is 2.18. The number of rotatable bonds is 4. The van der Waals surface area contributed by atoms with Gasteiger partial charge in [-0.3, -0.25) is 0 Å². The summed E-state index contributed by atoms with van der Waals surface area (Å²) in [5, 5.41) is 3.86. The summed E-state index contributed by atoms with van der Waals surface area (Å²) in [6.45, 7) is 6.57. The van der Waals surface area contributed by atoms with Crippen LogP contribution >= 0.6 is 11.6 Å². The Kier molecular flexibility index (Phi) is 5.08. The van der Waals surface area contributed by atoms with Crippen LogP contribution in [-0.4, -0.2) is 16.0 Å². The van der Waals surface area contributed by atoms with Crippen molar-refractivity contribution < 1.29 is 0 Å². The highest BCUT2D eigenvalue weighted by Gasteiger charge is 2.23. The topological polar surface area (TPSA) is 63.8 Å². The van der Waals surface area contributed by atoms with Gasteiger partial charge in [0.25, 0.3) is 0 Å². The first-order valence-electron chi connectivity index (χ1n) is 7.55. The van der Waals surface area contributed by atoms with Gasteiger partial charge in [0.05, 0.1) is 0 Å². The van der Waals surface area contributed by atoms with Crippen LogP contribution < -0.4 is 11.1 Å². The molecule has 2 rings (SSSR count). The molecule has 1 saturated carbocycles. The molecule has 0 spiro atoms. The molecule has 0 amide bonds. The number of halogens is 1. The van der Waals surface area contributed by atoms with Crippen molar-refractivity contribution in [2.45, 2.75) is 58.9 Å². The molecule has 20 heavy (non-hydrogen) atoms. The summed E-state index contributed by atoms with van der Waals surface area (Å²) in [5.74, 6) is 2.62. The van der Waals surface area contributed by atoms with Gasteiger partial charge in [-0.2, -0.15) is 0 Å². The summed E-state index contributed by atoms with van der Waals surface area (Å²) in [4.78, 5) is 8.85. The van der Waals surface area contributed by atoms with E-state index in [1.165, 1.54) is 25.7 Å². The molecule has 112 valence electrons. The van der Waals surface area contributed by atoms with Gasteiger partial charge in [0.2, 0.25) is 0 Å². The summed E-state index contributed by atoms with van der Waals surface area (Å²) in [5.41, 5.74) is 6.49. The molecule has 3 N–H and O–H groups in total. The molecule has 5 heteroatoms. The fourth-order valence-corrected chi connectivity index (χ4v) is 2.95. The summed E-state index contributed by atoms with van der Waals surface area (Å²) in [6, 6.07) is 0.434. The fourth-order valence-electron chi connectivity index (χ4n) is 2.76. The molecular formula is C15H25ClN4. The number of nitrogens with one attached hydrogen (secondary N) is 1. The van der Waals surface area contributed by atoms with E-state index in [-0.39, 0.29) is 0 Å². The third kappa shape index (κ3) is 3.75. The Morgan fingerprint density at radius 3 is 2.65 bits per heavy atom. The molecule has 1 heterocycles. The second-order valence-electron chi connectivity index (χ2n) is 6.30. The van der Waals surface area contributed by atoms with E-state index < -0.39 is 0 Å². The molecule has 0 aliphatic heterocycles. The van der Waals surface area contributed by atoms with Gasteiger partial charge < -0.3 is 11.1 Å². The number of nitrogen functional groups attached to an aromatic ring is 1. The minimum absolute atomic E-state index is 0.363. The number of aromatic nitrogens is 2. The van der Waals surface area contributed by atoms with Crippen molar-refractivity contribution in [1.82, 2.24) is 9.97 Å². The molecule has 2 atom stereocenters. The lowest BCUT2D eigenvalue weighted by Gasteiger charge is -2.30. The highest BCUT2D eigenvalue weighted by atomic mass is 35.5. The number of anilines is 2. The van der Waals surface area contributed by atoms with Crippen LogP contribution in [0.25, 0.3) is 0 Å². The predicted molar refractivity (Wildman–Crippen MR) is 85.0 cm³/mol. The molecule has 4 nitrogen and oxygen atoms in total. The lowest BCUT2D eigenvalue weighted by molar-refractivity contribution is 0.349. The maximum absolute atomic E-state index is 6.14. The first kappa shape index (κ1) is 15.4. The molecule has 0 saturated heterocycles. The molecule has 1 aliphatic rings. The zero-order valence-corrected chi connectivity index (χ0v) is 13.4. The van der Waals surface area contributed by atoms with Crippen LogP contribution in [0.1, 0.15) is 52.3 Å². The van der Waals surface area contributed by atoms with Gasteiger partial charge in [-0.25, -0.2) is 9.97 Å². The van der Waals surface area contributed by atoms with E-state index in [9.17, 15) is 0 Å². The van der Waals surface area contributed by atoms with Gasteiger partial charge in [0.1, 0.15) is 11.5 Å². The highest BCUT2D eigenvalue weighted by Crippen LogP contribution is 2.30. The van der Waals surface area contributed by atoms with Gasteiger partial charge in [-0.15, -0.1) is 0 Å². The quantitative estimate of drug-likeness (QED) is 0.827. The lowest BCUT2D eigenvalue weighted by Crippen LogP contribution is -2.31. The van der Waals surface area contributed by atoms with Gasteiger partial charge in [0, 0.05) is 12.5 Å². The SMILES string of the molecule is CC(C)Cc1nc(Cl)c(N)c(NC2CCCCC2C)n1. The minimum atomic E-state index is 0.363. The Bertz CT molecular complexity index is 461. The van der Waals surface area contributed by atoms with E-state index in [1.807, 2.05) is 0 Å². The standard InChI is InChI=1S/C15H25ClN4/c1-9(2)8-12-19-14(16)13(17)15(20-12)18-11-7-5-4-6-10(11)3/h9-11H,4-8,17H2,1-3H3,(H,18,19,20). The predicted octanol–water partition coefficient (Wildman–Crippen LogP) is 3.90. The smallest absolute Gasteiger partial charge is 0.157 e. The van der Waals surface area contributed by atoms with E-state index >= 15 is 0 Å². The van der Waals surface area contributed by atoms with Crippen LogP contribution in [0.15, 0.2) is 0 Å². The number of hydrogen-bond donors (Lipinski definition) is 2. The highest BCUT2D eigenvalue weighted by molar-refractivity contribution is 6.32. The number of hydrogen-bond acceptors (Lipinski definition) is 4. The molecule has 0 bridgehead atoms. The van der Waals surface area contributed by atoms with E-state index in [4.69, 9.17) is 17.3 Å². The Labute approximate surface area is 126 Å². The van der Waals surface area contributed by atoms with Gasteiger partial charge in [-0.1, -0.05) is 45.2 Å². The van der Waals surface area contributed by atoms with Gasteiger partial charge >= 0.3 is 0 Å². The van der Waals surface area contributed by atoms with Crippen molar-refractivity contribution in [1.29, 1.82) is 0 Å². The van der Waals surface area contributed by atoms with Crippen LogP contribution in [0.3, 0.4) is 0 Å². The number of nitrogens with zero attached hydrogens (tertiary/aromatic N) is 2. The summed E-state index contributed by atoms with van der Waals surface area (Å²) in [7, 11) is 0. The third-order valence-electron chi connectivity index (χ3n) is 3.97. The number of nitrogens with two attached hydrogens (primary N) is 1. The zero-order valence-electron chi connectivity index (χ0n) is 12.6. The average Bonchev–Trinajstić information content (AvgIpc) is 2.37. The largest absolute Gasteiger partial charge is 0.393 e. The summed E-state index contributed by atoms with van der Waals surface area (Å²) in [6.07, 6.45) is 5.82. The lowest BCUT2D eigenvalue weighted by atomic mass is 9.86. The van der Waals surface area contributed by atoms with Crippen LogP contribution in [0.5, 0.6) is 0 Å². The Hall–Kier alpha value is -1.03. The molecule has 1 aliphatic carbocycles. The van der Waals surface area contributed by atoms with E-state index in [2.05, 4.69) is 36.1 Å². The van der Waals surface area contributed by atoms with Crippen molar-refractivity contribution in [3.8, 4) is 0 Å². The monoisotopic (exact) mass is 296 g/mol. The Morgan fingerprint density at radius 1 is 1.30 bits per heavy atom. The van der Waals surface area contributed by atoms with Crippen LogP contribution in [0.4, 0.5) is 11.5 Å². The van der Waals surface area contributed by atoms with Crippen LogP contribution in [-0.2, 0) is 6.42 Å². The summed E-state index contributed by atoms with van der Waals surface area (Å²) < 4.78 is 0. The molecular weight excluding hydrogens is 272 g/mol. The van der Waals surface area contributed by atoms with Crippen molar-refractivity contribution >= 4 is 23.1 Å². The fraction of sp³-hybridized carbons (Fsp3) is 0.733. The molecule has 1 aromatic heterocycles. The zero-order chi connectivity index (χ0) is 14.7. The molecule has 0 aromatic carbocycles. The van der Waals surface area contributed by atoms with E-state index in [0.717, 1.165) is 12.2 Å². The molecule has 1 fully saturated rings. The van der Waals surface area contributed by atoms with Crippen LogP contribution in [0, 0.1) is 11.8 Å². The maximum Gasteiger partial charge on any atom is 0.157 e. The van der Waals surface area contributed by atoms with Crippen molar-refractivity contribution in [2.75, 3.05) is 11.1 Å². The second kappa shape index (κ2) is 6.61. The normalized spacial score (nSPS) is 23.1. The molecule has 2 unspecified atom stereocenters. The molecule has 0 radical (unpaired) electrons. The molecule has 1 aromatic rings. The van der Waals surface area contributed by atoms with Crippen molar-refractivity contribution in [3.63, 3.8) is 0 Å². The first-order chi connectivity index (χ1) is 9.47. The van der Waals surface area contributed by atoms with Crippen molar-refractivity contribution in [2.24, 2.45) is 11.8 Å². The average molecular weight is 297 g/mol.